The van der Waals surface area contributed by atoms with E-state index in [1.54, 1.807) is 7.11 Å². The lowest BCUT2D eigenvalue weighted by Crippen LogP contribution is -2.64. The number of rotatable bonds is 3. The molecule has 0 aliphatic carbocycles. The van der Waals surface area contributed by atoms with Gasteiger partial charge in [-0.15, -0.1) is 0 Å². The zero-order valence-corrected chi connectivity index (χ0v) is 9.72. The summed E-state index contributed by atoms with van der Waals surface area (Å²) in [5.74, 6) is 0.591. The summed E-state index contributed by atoms with van der Waals surface area (Å²) in [6, 6.07) is -0.414. The molecule has 1 saturated heterocycles. The van der Waals surface area contributed by atoms with Crippen molar-refractivity contribution in [3.05, 3.63) is 0 Å². The summed E-state index contributed by atoms with van der Waals surface area (Å²) in [6.45, 7) is 4.66. The highest BCUT2D eigenvalue weighted by Gasteiger charge is 2.43. The summed E-state index contributed by atoms with van der Waals surface area (Å²) < 4.78 is 10.8. The molecule has 1 aliphatic rings. The van der Waals surface area contributed by atoms with Crippen LogP contribution in [-0.4, -0.2) is 38.1 Å². The number of ether oxygens (including phenoxy) is 2. The maximum atomic E-state index is 6.11. The summed E-state index contributed by atoms with van der Waals surface area (Å²) in [6.07, 6.45) is -0.506. The van der Waals surface area contributed by atoms with E-state index in [2.05, 4.69) is 13.8 Å². The number of nitrogens with two attached hydrogens (primary N) is 3. The van der Waals surface area contributed by atoms with Crippen LogP contribution < -0.4 is 17.2 Å². The Labute approximate surface area is 91.3 Å². The molecule has 1 aliphatic heterocycles. The van der Waals surface area contributed by atoms with Crippen LogP contribution in [0.5, 0.6) is 0 Å². The maximum Gasteiger partial charge on any atom is 0.174 e. The second-order valence-corrected chi connectivity index (χ2v) is 4.49. The maximum absolute atomic E-state index is 6.11. The van der Waals surface area contributed by atoms with Gasteiger partial charge in [0.05, 0.1) is 12.1 Å². The summed E-state index contributed by atoms with van der Waals surface area (Å²) in [4.78, 5) is 0. The van der Waals surface area contributed by atoms with Crippen molar-refractivity contribution in [2.45, 2.75) is 38.3 Å². The average molecular weight is 217 g/mol. The van der Waals surface area contributed by atoms with Crippen LogP contribution in [0, 0.1) is 11.8 Å². The number of methoxy groups -OCH3 is 1. The quantitative estimate of drug-likeness (QED) is 0.577. The minimum Gasteiger partial charge on any atom is -0.354 e. The van der Waals surface area contributed by atoms with Gasteiger partial charge in [0.25, 0.3) is 0 Å². The number of hydrogen-bond acceptors (Lipinski definition) is 5. The molecule has 0 aromatic heterocycles. The largest absolute Gasteiger partial charge is 0.354 e. The van der Waals surface area contributed by atoms with Gasteiger partial charge in [0.15, 0.2) is 6.29 Å². The molecule has 6 N–H and O–H groups in total. The van der Waals surface area contributed by atoms with Gasteiger partial charge in [0, 0.05) is 25.6 Å². The zero-order valence-electron chi connectivity index (χ0n) is 9.72. The van der Waals surface area contributed by atoms with Gasteiger partial charge in [0.2, 0.25) is 0 Å². The minimum absolute atomic E-state index is 0.0650. The normalized spacial score (nSPS) is 42.2. The van der Waals surface area contributed by atoms with Crippen molar-refractivity contribution in [3.8, 4) is 0 Å². The summed E-state index contributed by atoms with van der Waals surface area (Å²) in [7, 11) is 1.57. The van der Waals surface area contributed by atoms with Crippen LogP contribution in [0.15, 0.2) is 0 Å². The van der Waals surface area contributed by atoms with Gasteiger partial charge >= 0.3 is 0 Å². The smallest absolute Gasteiger partial charge is 0.174 e. The fourth-order valence-corrected chi connectivity index (χ4v) is 2.34. The molecule has 0 aromatic rings. The standard InChI is InChI=1S/C10H23N3O2/c1-5(2)7-6(4-11)15-10(14-3)9(13)8(7)12/h5-10H,4,11-13H2,1-3H3/t6?,7-,8?,9?,10+/m1/s1. The van der Waals surface area contributed by atoms with E-state index in [0.29, 0.717) is 12.5 Å². The molecular formula is C10H23N3O2. The Hall–Kier alpha value is -0.200. The molecule has 0 spiro atoms. The van der Waals surface area contributed by atoms with E-state index in [1.807, 2.05) is 0 Å². The van der Waals surface area contributed by atoms with Crippen LogP contribution >= 0.6 is 0 Å². The number of hydrogen-bond donors (Lipinski definition) is 3. The Bertz CT molecular complexity index is 199. The van der Waals surface area contributed by atoms with Crippen LogP contribution in [0.4, 0.5) is 0 Å². The molecule has 5 atom stereocenters. The Balaban J connectivity index is 2.79. The second-order valence-electron chi connectivity index (χ2n) is 4.49. The molecule has 1 heterocycles. The van der Waals surface area contributed by atoms with E-state index in [-0.39, 0.29) is 24.1 Å². The van der Waals surface area contributed by atoms with E-state index in [9.17, 15) is 0 Å². The molecule has 0 saturated carbocycles. The lowest BCUT2D eigenvalue weighted by molar-refractivity contribution is -0.214. The van der Waals surface area contributed by atoms with Crippen LogP contribution in [0.25, 0.3) is 0 Å². The Morgan fingerprint density at radius 2 is 1.87 bits per heavy atom. The van der Waals surface area contributed by atoms with E-state index in [0.717, 1.165) is 0 Å². The zero-order chi connectivity index (χ0) is 11.6. The van der Waals surface area contributed by atoms with Gasteiger partial charge in [0.1, 0.15) is 0 Å². The predicted molar refractivity (Wildman–Crippen MR) is 59.0 cm³/mol. The van der Waals surface area contributed by atoms with Crippen molar-refractivity contribution < 1.29 is 9.47 Å². The van der Waals surface area contributed by atoms with Crippen LogP contribution in [-0.2, 0) is 9.47 Å². The minimum atomic E-state index is -0.441. The first-order valence-electron chi connectivity index (χ1n) is 5.42. The highest BCUT2D eigenvalue weighted by molar-refractivity contribution is 4.95. The third-order valence-electron chi connectivity index (χ3n) is 3.18. The molecule has 5 nitrogen and oxygen atoms in total. The Morgan fingerprint density at radius 1 is 1.27 bits per heavy atom. The Kier molecular flexibility index (Phi) is 4.48. The molecule has 0 radical (unpaired) electrons. The molecule has 1 fully saturated rings. The molecule has 15 heavy (non-hydrogen) atoms. The Morgan fingerprint density at radius 3 is 2.27 bits per heavy atom. The van der Waals surface area contributed by atoms with Crippen LogP contribution in [0.3, 0.4) is 0 Å². The van der Waals surface area contributed by atoms with E-state index < -0.39 is 6.29 Å². The average Bonchev–Trinajstić information content (AvgIpc) is 2.20. The highest BCUT2D eigenvalue weighted by atomic mass is 16.7. The third-order valence-corrected chi connectivity index (χ3v) is 3.18. The lowest BCUT2D eigenvalue weighted by Gasteiger charge is -2.45. The van der Waals surface area contributed by atoms with Crippen LogP contribution in [0.1, 0.15) is 13.8 Å². The van der Waals surface area contributed by atoms with Crippen molar-refractivity contribution in [2.24, 2.45) is 29.0 Å². The van der Waals surface area contributed by atoms with Gasteiger partial charge in [-0.2, -0.15) is 0 Å². The SMILES string of the molecule is CO[C@H]1OC(CN)[C@@H](C(C)C)C(N)C1N. The monoisotopic (exact) mass is 217 g/mol. The van der Waals surface area contributed by atoms with Gasteiger partial charge in [-0.25, -0.2) is 0 Å². The summed E-state index contributed by atoms with van der Waals surface area (Å²) in [5, 5.41) is 0. The molecule has 5 heteroatoms. The first-order chi connectivity index (χ1) is 7.02. The van der Waals surface area contributed by atoms with E-state index in [4.69, 9.17) is 26.7 Å². The topological polar surface area (TPSA) is 96.5 Å². The lowest BCUT2D eigenvalue weighted by atomic mass is 9.79. The molecule has 0 amide bonds. The molecule has 3 unspecified atom stereocenters. The first-order valence-corrected chi connectivity index (χ1v) is 5.42. The summed E-state index contributed by atoms with van der Waals surface area (Å²) >= 11 is 0. The van der Waals surface area contributed by atoms with Gasteiger partial charge in [-0.3, -0.25) is 0 Å². The van der Waals surface area contributed by atoms with E-state index >= 15 is 0 Å². The predicted octanol–water partition coefficient (Wildman–Crippen LogP) is -0.757. The van der Waals surface area contributed by atoms with Crippen molar-refractivity contribution >= 4 is 0 Å². The van der Waals surface area contributed by atoms with Gasteiger partial charge in [-0.05, 0) is 5.92 Å². The molecule has 90 valence electrons. The van der Waals surface area contributed by atoms with Crippen molar-refractivity contribution in [3.63, 3.8) is 0 Å². The molecule has 0 aromatic carbocycles. The third kappa shape index (κ3) is 2.49. The van der Waals surface area contributed by atoms with Crippen LogP contribution in [0.2, 0.25) is 0 Å². The fraction of sp³-hybridized carbons (Fsp3) is 1.00. The van der Waals surface area contributed by atoms with E-state index in [1.165, 1.54) is 0 Å². The fourth-order valence-electron chi connectivity index (χ4n) is 2.34. The first kappa shape index (κ1) is 12.9. The van der Waals surface area contributed by atoms with Crippen molar-refractivity contribution in [2.75, 3.05) is 13.7 Å². The molecular weight excluding hydrogens is 194 g/mol. The van der Waals surface area contributed by atoms with Gasteiger partial charge in [-0.1, -0.05) is 13.8 Å². The molecule has 1 rings (SSSR count). The molecule has 0 bridgehead atoms. The van der Waals surface area contributed by atoms with Gasteiger partial charge < -0.3 is 26.7 Å². The van der Waals surface area contributed by atoms with Crippen molar-refractivity contribution in [1.29, 1.82) is 0 Å². The second kappa shape index (κ2) is 5.23. The van der Waals surface area contributed by atoms with Crippen molar-refractivity contribution in [1.82, 2.24) is 0 Å². The highest BCUT2D eigenvalue weighted by Crippen LogP contribution is 2.29. The summed E-state index contributed by atoms with van der Waals surface area (Å²) in [5.41, 5.74) is 17.8.